The molecule has 126 valence electrons. The molecular formula is C16H16Cl2N4O2. The van der Waals surface area contributed by atoms with Crippen molar-refractivity contribution in [2.45, 2.75) is 19.4 Å². The van der Waals surface area contributed by atoms with Crippen molar-refractivity contribution in [2.24, 2.45) is 0 Å². The van der Waals surface area contributed by atoms with E-state index in [2.05, 4.69) is 15.4 Å². The Kier molecular flexibility index (Phi) is 5.18. The lowest BCUT2D eigenvalue weighted by Crippen LogP contribution is -2.15. The summed E-state index contributed by atoms with van der Waals surface area (Å²) in [4.78, 5) is 19.9. The molecule has 0 bridgehead atoms. The molecule has 6 nitrogen and oxygen atoms in total. The Bertz CT molecular complexity index is 757. The van der Waals surface area contributed by atoms with Crippen molar-refractivity contribution in [1.29, 1.82) is 0 Å². The third-order valence-electron chi connectivity index (χ3n) is 3.56. The fraction of sp³-hybridized carbons (Fsp3) is 0.312. The van der Waals surface area contributed by atoms with Gasteiger partial charge in [-0.25, -0.2) is 15.0 Å². The van der Waals surface area contributed by atoms with Gasteiger partial charge in [0.25, 0.3) is 0 Å². The largest absolute Gasteiger partial charge is 0.466 e. The van der Waals surface area contributed by atoms with Gasteiger partial charge in [0.1, 0.15) is 12.1 Å². The van der Waals surface area contributed by atoms with Crippen LogP contribution in [0.2, 0.25) is 10.0 Å². The van der Waals surface area contributed by atoms with Crippen molar-refractivity contribution in [3.8, 4) is 11.3 Å². The number of ether oxygens (including phenoxy) is 1. The lowest BCUT2D eigenvalue weighted by Gasteiger charge is -2.09. The minimum absolute atomic E-state index is 0.132. The number of benzene rings is 1. The van der Waals surface area contributed by atoms with Gasteiger partial charge in [0, 0.05) is 18.2 Å². The Morgan fingerprint density at radius 1 is 1.33 bits per heavy atom. The van der Waals surface area contributed by atoms with E-state index in [4.69, 9.17) is 27.9 Å². The number of anilines is 1. The zero-order valence-electron chi connectivity index (χ0n) is 13.0. The molecule has 1 fully saturated rings. The molecule has 3 rings (SSSR count). The molecule has 0 saturated carbocycles. The molecule has 2 unspecified atom stereocenters. The van der Waals surface area contributed by atoms with Crippen LogP contribution >= 0.6 is 23.2 Å². The van der Waals surface area contributed by atoms with E-state index in [9.17, 15) is 4.79 Å². The number of rotatable bonds is 6. The smallest absolute Gasteiger partial charge is 0.307 e. The van der Waals surface area contributed by atoms with Crippen LogP contribution in [0.1, 0.15) is 13.3 Å². The number of aromatic nitrogens is 2. The Hall–Kier alpha value is -1.89. The highest BCUT2D eigenvalue weighted by Crippen LogP contribution is 2.29. The van der Waals surface area contributed by atoms with Crippen LogP contribution in [0.15, 0.2) is 30.6 Å². The molecule has 2 aromatic rings. The summed E-state index contributed by atoms with van der Waals surface area (Å²) in [6.45, 7) is 2.97. The first-order valence-corrected chi connectivity index (χ1v) is 8.29. The second-order valence-corrected chi connectivity index (χ2v) is 6.16. The molecule has 24 heavy (non-hydrogen) atoms. The molecule has 1 aromatic carbocycles. The number of hydrogen-bond acceptors (Lipinski definition) is 6. The molecule has 1 saturated heterocycles. The van der Waals surface area contributed by atoms with Gasteiger partial charge >= 0.3 is 5.97 Å². The van der Waals surface area contributed by atoms with Crippen LogP contribution < -0.4 is 5.43 Å². The Morgan fingerprint density at radius 2 is 2.17 bits per heavy atom. The predicted molar refractivity (Wildman–Crippen MR) is 92.9 cm³/mol. The minimum atomic E-state index is -0.189. The summed E-state index contributed by atoms with van der Waals surface area (Å²) in [6.07, 6.45) is 1.84. The second kappa shape index (κ2) is 7.34. The SMILES string of the molecule is CCOC(=O)CC1CN1Nc1cc(-c2ccc(Cl)c(Cl)c2)ncn1. The summed E-state index contributed by atoms with van der Waals surface area (Å²) >= 11 is 12.0. The minimum Gasteiger partial charge on any atom is -0.466 e. The second-order valence-electron chi connectivity index (χ2n) is 5.34. The van der Waals surface area contributed by atoms with E-state index in [1.807, 2.05) is 17.1 Å². The van der Waals surface area contributed by atoms with Gasteiger partial charge in [-0.1, -0.05) is 29.3 Å². The molecule has 0 amide bonds. The number of esters is 1. The van der Waals surface area contributed by atoms with Crippen molar-refractivity contribution in [3.63, 3.8) is 0 Å². The van der Waals surface area contributed by atoms with Gasteiger partial charge in [0.05, 0.1) is 34.8 Å². The lowest BCUT2D eigenvalue weighted by atomic mass is 10.1. The Labute approximate surface area is 149 Å². The van der Waals surface area contributed by atoms with Crippen LogP contribution in [-0.4, -0.2) is 40.1 Å². The molecule has 1 aliphatic rings. The summed E-state index contributed by atoms with van der Waals surface area (Å²) in [7, 11) is 0. The summed E-state index contributed by atoms with van der Waals surface area (Å²) < 4.78 is 4.95. The number of nitrogens with zero attached hydrogens (tertiary/aromatic N) is 3. The normalized spacial score (nSPS) is 19.0. The van der Waals surface area contributed by atoms with Gasteiger partial charge < -0.3 is 10.2 Å². The number of carbonyl (C=O) groups is 1. The molecule has 0 spiro atoms. The number of hydrazine groups is 1. The molecule has 2 heterocycles. The molecule has 2 atom stereocenters. The molecule has 0 radical (unpaired) electrons. The molecule has 1 aliphatic heterocycles. The summed E-state index contributed by atoms with van der Waals surface area (Å²) in [5.41, 5.74) is 4.75. The van der Waals surface area contributed by atoms with E-state index < -0.39 is 0 Å². The average Bonchev–Trinajstić information content (AvgIpc) is 3.27. The maximum absolute atomic E-state index is 11.5. The molecule has 0 aliphatic carbocycles. The van der Waals surface area contributed by atoms with E-state index in [0.29, 0.717) is 28.9 Å². The number of carbonyl (C=O) groups excluding carboxylic acids is 1. The van der Waals surface area contributed by atoms with Crippen LogP contribution in [0.5, 0.6) is 0 Å². The van der Waals surface area contributed by atoms with Gasteiger partial charge in [-0.15, -0.1) is 0 Å². The van der Waals surface area contributed by atoms with E-state index in [1.54, 1.807) is 19.1 Å². The topological polar surface area (TPSA) is 67.1 Å². The first-order valence-electron chi connectivity index (χ1n) is 7.53. The van der Waals surface area contributed by atoms with Crippen LogP contribution in [0.25, 0.3) is 11.3 Å². The van der Waals surface area contributed by atoms with Gasteiger partial charge in [-0.05, 0) is 19.1 Å². The monoisotopic (exact) mass is 366 g/mol. The average molecular weight is 367 g/mol. The molecule has 1 aromatic heterocycles. The number of nitrogens with one attached hydrogen (secondary N) is 1. The van der Waals surface area contributed by atoms with Crippen molar-refractivity contribution in [2.75, 3.05) is 18.6 Å². The first kappa shape index (κ1) is 17.0. The number of halogens is 2. The van der Waals surface area contributed by atoms with Gasteiger partial charge in [-0.2, -0.15) is 0 Å². The Balaban J connectivity index is 1.64. The first-order chi connectivity index (χ1) is 11.6. The summed E-state index contributed by atoms with van der Waals surface area (Å²) in [5.74, 6) is 0.461. The van der Waals surface area contributed by atoms with Crippen molar-refractivity contribution >= 4 is 35.0 Å². The maximum Gasteiger partial charge on any atom is 0.307 e. The standard InChI is InChI=1S/C16H16Cl2N4O2/c1-2-24-16(23)6-11-8-22(11)21-15-7-14(19-9-20-15)10-3-4-12(17)13(18)5-10/h3-5,7,9,11H,2,6,8H2,1H3,(H,19,20,21). The van der Waals surface area contributed by atoms with Gasteiger partial charge in [0.15, 0.2) is 0 Å². The predicted octanol–water partition coefficient (Wildman–Crippen LogP) is 3.41. The van der Waals surface area contributed by atoms with E-state index in [0.717, 1.165) is 17.8 Å². The van der Waals surface area contributed by atoms with Gasteiger partial charge in [0.2, 0.25) is 0 Å². The van der Waals surface area contributed by atoms with E-state index in [-0.39, 0.29) is 12.0 Å². The van der Waals surface area contributed by atoms with Crippen molar-refractivity contribution in [1.82, 2.24) is 15.0 Å². The Morgan fingerprint density at radius 3 is 2.92 bits per heavy atom. The third kappa shape index (κ3) is 4.14. The summed E-state index contributed by atoms with van der Waals surface area (Å²) in [5, 5.41) is 2.90. The maximum atomic E-state index is 11.5. The van der Waals surface area contributed by atoms with Crippen molar-refractivity contribution in [3.05, 3.63) is 40.6 Å². The zero-order valence-corrected chi connectivity index (χ0v) is 14.5. The molecule has 1 N–H and O–H groups in total. The van der Waals surface area contributed by atoms with Crippen LogP contribution in [0, 0.1) is 0 Å². The van der Waals surface area contributed by atoms with E-state index >= 15 is 0 Å². The highest BCUT2D eigenvalue weighted by atomic mass is 35.5. The fourth-order valence-electron chi connectivity index (χ4n) is 2.28. The molecular weight excluding hydrogens is 351 g/mol. The van der Waals surface area contributed by atoms with Crippen molar-refractivity contribution < 1.29 is 9.53 Å². The highest BCUT2D eigenvalue weighted by molar-refractivity contribution is 6.42. The lowest BCUT2D eigenvalue weighted by molar-refractivity contribution is -0.143. The highest BCUT2D eigenvalue weighted by Gasteiger charge is 2.36. The zero-order chi connectivity index (χ0) is 17.1. The van der Waals surface area contributed by atoms with E-state index in [1.165, 1.54) is 6.33 Å². The third-order valence-corrected chi connectivity index (χ3v) is 4.30. The molecule has 8 heteroatoms. The van der Waals surface area contributed by atoms with Crippen LogP contribution in [-0.2, 0) is 9.53 Å². The quantitative estimate of drug-likeness (QED) is 0.624. The fourth-order valence-corrected chi connectivity index (χ4v) is 2.58. The number of hydrogen-bond donors (Lipinski definition) is 1. The van der Waals surface area contributed by atoms with Gasteiger partial charge in [-0.3, -0.25) is 4.79 Å². The van der Waals surface area contributed by atoms with Crippen LogP contribution in [0.4, 0.5) is 5.82 Å². The van der Waals surface area contributed by atoms with Crippen LogP contribution in [0.3, 0.4) is 0 Å². The summed E-state index contributed by atoms with van der Waals surface area (Å²) in [6, 6.07) is 7.29.